The number of nitrogens with zero attached hydrogens (tertiary/aromatic N) is 1. The third kappa shape index (κ3) is 4.08. The molecule has 23 heavy (non-hydrogen) atoms. The quantitative estimate of drug-likeness (QED) is 0.574. The lowest BCUT2D eigenvalue weighted by molar-refractivity contribution is -0.143. The van der Waals surface area contributed by atoms with Gasteiger partial charge in [-0.2, -0.15) is 13.2 Å². The monoisotopic (exact) mass is 333 g/mol. The fraction of sp³-hybridized carbons (Fsp3) is 0.538. The third-order valence-electron chi connectivity index (χ3n) is 3.60. The standard InChI is InChI=1S/C13H14F3N3O4/c14-13(15,16)6-17-12(23)18-9(20)5-19-10(21)7-3-1-2-4-8(7)11(19)22/h1-2,7-8H,3-6H2,(H2,17,18,20,23)/t7-,8-/m0/s1. The number of urea groups is 1. The number of halogens is 3. The van der Waals surface area contributed by atoms with Gasteiger partial charge in [-0.25, -0.2) is 4.79 Å². The van der Waals surface area contributed by atoms with Crippen LogP contribution >= 0.6 is 0 Å². The van der Waals surface area contributed by atoms with Gasteiger partial charge in [-0.15, -0.1) is 0 Å². The zero-order valence-corrected chi connectivity index (χ0v) is 11.9. The topological polar surface area (TPSA) is 95.6 Å². The van der Waals surface area contributed by atoms with E-state index >= 15 is 0 Å². The van der Waals surface area contributed by atoms with Crippen molar-refractivity contribution in [3.8, 4) is 0 Å². The Morgan fingerprint density at radius 1 is 1.13 bits per heavy atom. The average molecular weight is 333 g/mol. The molecule has 1 heterocycles. The SMILES string of the molecule is O=C(CN1C(=O)[C@H]2CC=CC[C@@H]2C1=O)NC(=O)NCC(F)(F)F. The second kappa shape index (κ2) is 6.39. The van der Waals surface area contributed by atoms with E-state index < -0.39 is 54.9 Å². The number of fused-ring (bicyclic) bond motifs is 1. The number of carbonyl (C=O) groups is 4. The molecular weight excluding hydrogens is 319 g/mol. The van der Waals surface area contributed by atoms with Gasteiger partial charge in [-0.1, -0.05) is 12.2 Å². The summed E-state index contributed by atoms with van der Waals surface area (Å²) in [7, 11) is 0. The predicted molar refractivity (Wildman–Crippen MR) is 69.7 cm³/mol. The van der Waals surface area contributed by atoms with E-state index in [2.05, 4.69) is 0 Å². The smallest absolute Gasteiger partial charge is 0.329 e. The third-order valence-corrected chi connectivity index (χ3v) is 3.60. The first-order valence-corrected chi connectivity index (χ1v) is 6.83. The van der Waals surface area contributed by atoms with Crippen molar-refractivity contribution in [1.82, 2.24) is 15.5 Å². The van der Waals surface area contributed by atoms with E-state index in [9.17, 15) is 32.3 Å². The van der Waals surface area contributed by atoms with Crippen LogP contribution in [0.1, 0.15) is 12.8 Å². The van der Waals surface area contributed by atoms with Crippen LogP contribution in [-0.4, -0.2) is 47.9 Å². The molecule has 0 spiro atoms. The molecule has 126 valence electrons. The Morgan fingerprint density at radius 2 is 1.65 bits per heavy atom. The zero-order chi connectivity index (χ0) is 17.2. The number of nitrogens with one attached hydrogen (secondary N) is 2. The van der Waals surface area contributed by atoms with Crippen molar-refractivity contribution < 1.29 is 32.3 Å². The van der Waals surface area contributed by atoms with Crippen molar-refractivity contribution in [1.29, 1.82) is 0 Å². The molecule has 1 aliphatic heterocycles. The van der Waals surface area contributed by atoms with Gasteiger partial charge in [0.2, 0.25) is 17.7 Å². The maximum absolute atomic E-state index is 12.1. The summed E-state index contributed by atoms with van der Waals surface area (Å²) in [5, 5.41) is 3.11. The molecule has 7 nitrogen and oxygen atoms in total. The molecule has 0 unspecified atom stereocenters. The van der Waals surface area contributed by atoms with Crippen LogP contribution in [0.15, 0.2) is 12.2 Å². The Labute approximate surface area is 128 Å². The Balaban J connectivity index is 1.87. The summed E-state index contributed by atoms with van der Waals surface area (Å²) in [6.45, 7) is -2.28. The van der Waals surface area contributed by atoms with Gasteiger partial charge >= 0.3 is 12.2 Å². The van der Waals surface area contributed by atoms with Crippen LogP contribution in [0.5, 0.6) is 0 Å². The predicted octanol–water partition coefficient (Wildman–Crippen LogP) is 0.326. The fourth-order valence-corrected chi connectivity index (χ4v) is 2.56. The molecule has 1 saturated heterocycles. The molecule has 0 radical (unpaired) electrons. The molecule has 1 aliphatic carbocycles. The number of amides is 5. The van der Waals surface area contributed by atoms with Gasteiger partial charge in [0.1, 0.15) is 13.1 Å². The van der Waals surface area contributed by atoms with Crippen molar-refractivity contribution in [2.24, 2.45) is 11.8 Å². The lowest BCUT2D eigenvalue weighted by Crippen LogP contribution is -2.47. The zero-order valence-electron chi connectivity index (χ0n) is 11.9. The average Bonchev–Trinajstić information content (AvgIpc) is 2.70. The van der Waals surface area contributed by atoms with Gasteiger partial charge in [-0.3, -0.25) is 24.6 Å². The summed E-state index contributed by atoms with van der Waals surface area (Å²) in [5.74, 6) is -3.07. The normalized spacial score (nSPS) is 23.7. The minimum absolute atomic E-state index is 0.402. The Bertz CT molecular complexity index is 547. The minimum atomic E-state index is -4.61. The molecule has 1 fully saturated rings. The van der Waals surface area contributed by atoms with E-state index in [-0.39, 0.29) is 0 Å². The van der Waals surface area contributed by atoms with Crippen LogP contribution in [0.25, 0.3) is 0 Å². The first-order chi connectivity index (χ1) is 10.7. The van der Waals surface area contributed by atoms with Gasteiger partial charge in [0.15, 0.2) is 0 Å². The Kier molecular flexibility index (Phi) is 4.71. The second-order valence-electron chi connectivity index (χ2n) is 5.26. The van der Waals surface area contributed by atoms with E-state index in [4.69, 9.17) is 0 Å². The summed E-state index contributed by atoms with van der Waals surface area (Å²) in [6, 6.07) is -1.34. The number of hydrogen-bond acceptors (Lipinski definition) is 4. The van der Waals surface area contributed by atoms with Crippen molar-refractivity contribution in [3.63, 3.8) is 0 Å². The maximum atomic E-state index is 12.1. The lowest BCUT2D eigenvalue weighted by Gasteiger charge is -2.14. The van der Waals surface area contributed by atoms with E-state index in [1.165, 1.54) is 5.32 Å². The van der Waals surface area contributed by atoms with Crippen molar-refractivity contribution in [2.45, 2.75) is 19.0 Å². The van der Waals surface area contributed by atoms with Crippen LogP contribution in [0.4, 0.5) is 18.0 Å². The highest BCUT2D eigenvalue weighted by molar-refractivity contribution is 6.08. The van der Waals surface area contributed by atoms with Crippen LogP contribution in [0.2, 0.25) is 0 Å². The lowest BCUT2D eigenvalue weighted by atomic mass is 9.85. The van der Waals surface area contributed by atoms with Crippen molar-refractivity contribution in [2.75, 3.05) is 13.1 Å². The van der Waals surface area contributed by atoms with Gasteiger partial charge < -0.3 is 5.32 Å². The molecule has 0 aromatic rings. The van der Waals surface area contributed by atoms with Crippen LogP contribution in [0, 0.1) is 11.8 Å². The molecule has 0 aromatic heterocycles. The summed E-state index contributed by atoms with van der Waals surface area (Å²) in [5.41, 5.74) is 0. The van der Waals surface area contributed by atoms with Gasteiger partial charge in [-0.05, 0) is 12.8 Å². The molecular formula is C13H14F3N3O4. The molecule has 0 saturated carbocycles. The van der Waals surface area contributed by atoms with Gasteiger partial charge in [0.05, 0.1) is 11.8 Å². The molecule has 2 rings (SSSR count). The number of likely N-dealkylation sites (tertiary alicyclic amines) is 1. The number of alkyl halides is 3. The highest BCUT2D eigenvalue weighted by Gasteiger charge is 2.47. The summed E-state index contributed by atoms with van der Waals surface area (Å²) in [6.07, 6.45) is -0.246. The number of allylic oxidation sites excluding steroid dienone is 2. The van der Waals surface area contributed by atoms with Crippen LogP contribution in [-0.2, 0) is 14.4 Å². The van der Waals surface area contributed by atoms with Crippen molar-refractivity contribution in [3.05, 3.63) is 12.2 Å². The molecule has 10 heteroatoms. The molecule has 2 N–H and O–H groups in total. The first kappa shape index (κ1) is 17.0. The number of hydrogen-bond donors (Lipinski definition) is 2. The minimum Gasteiger partial charge on any atom is -0.329 e. The summed E-state index contributed by atoms with van der Waals surface area (Å²) < 4.78 is 35.8. The maximum Gasteiger partial charge on any atom is 0.405 e. The molecule has 2 atom stereocenters. The van der Waals surface area contributed by atoms with Gasteiger partial charge in [0, 0.05) is 0 Å². The number of imide groups is 2. The Morgan fingerprint density at radius 3 is 2.13 bits per heavy atom. The fourth-order valence-electron chi connectivity index (χ4n) is 2.56. The van der Waals surface area contributed by atoms with E-state index in [1.807, 2.05) is 0 Å². The van der Waals surface area contributed by atoms with Crippen molar-refractivity contribution >= 4 is 23.8 Å². The first-order valence-electron chi connectivity index (χ1n) is 6.83. The number of rotatable bonds is 3. The molecule has 2 aliphatic rings. The van der Waals surface area contributed by atoms with E-state index in [0.717, 1.165) is 4.90 Å². The molecule has 0 bridgehead atoms. The highest BCUT2D eigenvalue weighted by Crippen LogP contribution is 2.34. The second-order valence-corrected chi connectivity index (χ2v) is 5.26. The van der Waals surface area contributed by atoms with E-state index in [0.29, 0.717) is 12.8 Å². The summed E-state index contributed by atoms with van der Waals surface area (Å²) in [4.78, 5) is 47.6. The van der Waals surface area contributed by atoms with Crippen LogP contribution in [0.3, 0.4) is 0 Å². The number of carbonyl (C=O) groups excluding carboxylic acids is 4. The van der Waals surface area contributed by atoms with Gasteiger partial charge in [0.25, 0.3) is 0 Å². The Hall–Kier alpha value is -2.39. The largest absolute Gasteiger partial charge is 0.405 e. The highest BCUT2D eigenvalue weighted by atomic mass is 19.4. The van der Waals surface area contributed by atoms with E-state index in [1.54, 1.807) is 17.5 Å². The molecule has 5 amide bonds. The summed E-state index contributed by atoms with van der Waals surface area (Å²) >= 11 is 0. The van der Waals surface area contributed by atoms with Crippen LogP contribution < -0.4 is 10.6 Å². The molecule has 0 aromatic carbocycles.